The lowest BCUT2D eigenvalue weighted by Gasteiger charge is -2.17. The van der Waals surface area contributed by atoms with Gasteiger partial charge in [0.1, 0.15) is 0 Å². The number of rotatable bonds is 6. The fourth-order valence-electron chi connectivity index (χ4n) is 2.15. The van der Waals surface area contributed by atoms with Gasteiger partial charge in [0.05, 0.1) is 17.4 Å². The predicted molar refractivity (Wildman–Crippen MR) is 95.0 cm³/mol. The van der Waals surface area contributed by atoms with E-state index in [1.165, 1.54) is 5.56 Å². The molecule has 0 heterocycles. The van der Waals surface area contributed by atoms with Crippen LogP contribution in [0, 0.1) is 18.3 Å². The molecule has 118 valence electrons. The lowest BCUT2D eigenvalue weighted by molar-refractivity contribution is -0.127. The molecular formula is C19H20N2OS. The Kier molecular flexibility index (Phi) is 6.25. The molecule has 0 aliphatic rings. The van der Waals surface area contributed by atoms with Crippen LogP contribution in [0.5, 0.6) is 0 Å². The zero-order valence-corrected chi connectivity index (χ0v) is 14.3. The zero-order chi connectivity index (χ0) is 16.7. The summed E-state index contributed by atoms with van der Waals surface area (Å²) in [6.45, 7) is 2.68. The summed E-state index contributed by atoms with van der Waals surface area (Å²) in [4.78, 5) is 13.9. The van der Waals surface area contributed by atoms with Crippen molar-refractivity contribution in [2.24, 2.45) is 0 Å². The standard InChI is InChI=1S/C19H20N2OS/c1-15-6-8-16(9-7-15)12-21(2)19(22)14-23-13-18-5-3-4-17(10-18)11-20/h3-10H,12-14H2,1-2H3. The van der Waals surface area contributed by atoms with Crippen LogP contribution >= 0.6 is 11.8 Å². The Hall–Kier alpha value is -2.25. The van der Waals surface area contributed by atoms with Gasteiger partial charge < -0.3 is 4.90 Å². The first-order valence-electron chi connectivity index (χ1n) is 7.45. The first kappa shape index (κ1) is 17.1. The van der Waals surface area contributed by atoms with Crippen molar-refractivity contribution in [2.75, 3.05) is 12.8 Å². The third-order valence-electron chi connectivity index (χ3n) is 3.52. The summed E-state index contributed by atoms with van der Waals surface area (Å²) in [7, 11) is 1.83. The molecule has 2 aromatic rings. The van der Waals surface area contributed by atoms with Gasteiger partial charge in [-0.25, -0.2) is 0 Å². The van der Waals surface area contributed by atoms with Gasteiger partial charge in [-0.3, -0.25) is 4.79 Å². The quantitative estimate of drug-likeness (QED) is 0.812. The van der Waals surface area contributed by atoms with Crippen LogP contribution in [0.15, 0.2) is 48.5 Å². The van der Waals surface area contributed by atoms with Crippen LogP contribution in [0.4, 0.5) is 0 Å². The number of nitrogens with zero attached hydrogens (tertiary/aromatic N) is 2. The van der Waals surface area contributed by atoms with Crippen molar-refractivity contribution < 1.29 is 4.79 Å². The Labute approximate surface area is 141 Å². The summed E-state index contributed by atoms with van der Waals surface area (Å²) in [5, 5.41) is 8.89. The topological polar surface area (TPSA) is 44.1 Å². The molecule has 0 bridgehead atoms. The van der Waals surface area contributed by atoms with Crippen molar-refractivity contribution in [3.8, 4) is 6.07 Å². The molecule has 0 atom stereocenters. The Morgan fingerprint density at radius 1 is 1.17 bits per heavy atom. The van der Waals surface area contributed by atoms with Gasteiger partial charge in [0.2, 0.25) is 5.91 Å². The average molecular weight is 324 g/mol. The van der Waals surface area contributed by atoms with Crippen LogP contribution in [0.2, 0.25) is 0 Å². The minimum Gasteiger partial charge on any atom is -0.341 e. The van der Waals surface area contributed by atoms with Crippen LogP contribution < -0.4 is 0 Å². The number of carbonyl (C=O) groups is 1. The highest BCUT2D eigenvalue weighted by atomic mass is 32.2. The molecule has 1 amide bonds. The number of carbonyl (C=O) groups excluding carboxylic acids is 1. The Bertz CT molecular complexity index is 704. The lowest BCUT2D eigenvalue weighted by atomic mass is 10.1. The summed E-state index contributed by atoms with van der Waals surface area (Å²) < 4.78 is 0. The van der Waals surface area contributed by atoms with E-state index in [4.69, 9.17) is 5.26 Å². The van der Waals surface area contributed by atoms with Crippen LogP contribution in [-0.2, 0) is 17.1 Å². The van der Waals surface area contributed by atoms with E-state index < -0.39 is 0 Å². The van der Waals surface area contributed by atoms with Crippen molar-refractivity contribution >= 4 is 17.7 Å². The number of amides is 1. The number of benzene rings is 2. The van der Waals surface area contributed by atoms with Crippen molar-refractivity contribution in [1.82, 2.24) is 4.90 Å². The molecule has 4 heteroatoms. The zero-order valence-electron chi connectivity index (χ0n) is 13.5. The molecule has 0 spiro atoms. The molecule has 0 saturated carbocycles. The Balaban J connectivity index is 1.79. The molecule has 0 aromatic heterocycles. The summed E-state index contributed by atoms with van der Waals surface area (Å²) in [6, 6.07) is 17.9. The predicted octanol–water partition coefficient (Wildman–Crippen LogP) is 3.76. The third kappa shape index (κ3) is 5.46. The molecule has 2 rings (SSSR count). The number of hydrogen-bond acceptors (Lipinski definition) is 3. The first-order chi connectivity index (χ1) is 11.1. The average Bonchev–Trinajstić information content (AvgIpc) is 2.57. The Morgan fingerprint density at radius 3 is 2.61 bits per heavy atom. The molecule has 0 N–H and O–H groups in total. The Morgan fingerprint density at radius 2 is 1.91 bits per heavy atom. The molecule has 23 heavy (non-hydrogen) atoms. The largest absolute Gasteiger partial charge is 0.341 e. The molecule has 0 radical (unpaired) electrons. The fraction of sp³-hybridized carbons (Fsp3) is 0.263. The molecule has 0 aliphatic heterocycles. The SMILES string of the molecule is Cc1ccc(CN(C)C(=O)CSCc2cccc(C#N)c2)cc1. The maximum atomic E-state index is 12.2. The van der Waals surface area contributed by atoms with E-state index in [1.807, 2.05) is 25.2 Å². The van der Waals surface area contributed by atoms with Gasteiger partial charge in [-0.2, -0.15) is 5.26 Å². The van der Waals surface area contributed by atoms with E-state index in [0.717, 1.165) is 16.9 Å². The molecule has 0 fully saturated rings. The second-order valence-electron chi connectivity index (χ2n) is 5.54. The highest BCUT2D eigenvalue weighted by Gasteiger charge is 2.09. The van der Waals surface area contributed by atoms with E-state index in [0.29, 0.717) is 17.9 Å². The van der Waals surface area contributed by atoms with Crippen molar-refractivity contribution in [3.05, 3.63) is 70.8 Å². The first-order valence-corrected chi connectivity index (χ1v) is 8.60. The van der Waals surface area contributed by atoms with E-state index in [-0.39, 0.29) is 5.91 Å². The molecule has 3 nitrogen and oxygen atoms in total. The maximum absolute atomic E-state index is 12.2. The van der Waals surface area contributed by atoms with Crippen molar-refractivity contribution in [2.45, 2.75) is 19.2 Å². The molecule has 0 unspecified atom stereocenters. The monoisotopic (exact) mass is 324 g/mol. The number of aryl methyl sites for hydroxylation is 1. The van der Waals surface area contributed by atoms with Crippen LogP contribution in [0.1, 0.15) is 22.3 Å². The highest BCUT2D eigenvalue weighted by Crippen LogP contribution is 2.15. The van der Waals surface area contributed by atoms with Gasteiger partial charge >= 0.3 is 0 Å². The van der Waals surface area contributed by atoms with Gasteiger partial charge in [-0.1, -0.05) is 42.0 Å². The van der Waals surface area contributed by atoms with Gasteiger partial charge in [-0.05, 0) is 30.2 Å². The summed E-state index contributed by atoms with van der Waals surface area (Å²) >= 11 is 1.57. The second kappa shape index (κ2) is 8.40. The second-order valence-corrected chi connectivity index (χ2v) is 6.53. The van der Waals surface area contributed by atoms with E-state index in [1.54, 1.807) is 22.7 Å². The van der Waals surface area contributed by atoms with Gasteiger partial charge in [0.15, 0.2) is 0 Å². The van der Waals surface area contributed by atoms with Gasteiger partial charge in [0.25, 0.3) is 0 Å². The van der Waals surface area contributed by atoms with E-state index >= 15 is 0 Å². The minimum absolute atomic E-state index is 0.118. The highest BCUT2D eigenvalue weighted by molar-refractivity contribution is 7.99. The molecular weight excluding hydrogens is 304 g/mol. The number of thioether (sulfide) groups is 1. The lowest BCUT2D eigenvalue weighted by Crippen LogP contribution is -2.27. The van der Waals surface area contributed by atoms with E-state index in [9.17, 15) is 4.79 Å². The normalized spacial score (nSPS) is 10.1. The summed E-state index contributed by atoms with van der Waals surface area (Å²) in [5.41, 5.74) is 4.09. The third-order valence-corrected chi connectivity index (χ3v) is 4.50. The van der Waals surface area contributed by atoms with Crippen LogP contribution in [0.3, 0.4) is 0 Å². The summed E-state index contributed by atoms with van der Waals surface area (Å²) in [5.74, 6) is 1.30. The summed E-state index contributed by atoms with van der Waals surface area (Å²) in [6.07, 6.45) is 0. The molecule has 2 aromatic carbocycles. The van der Waals surface area contributed by atoms with E-state index in [2.05, 4.69) is 37.3 Å². The smallest absolute Gasteiger partial charge is 0.232 e. The maximum Gasteiger partial charge on any atom is 0.232 e. The molecule has 0 saturated heterocycles. The van der Waals surface area contributed by atoms with Gasteiger partial charge in [-0.15, -0.1) is 11.8 Å². The van der Waals surface area contributed by atoms with Crippen molar-refractivity contribution in [3.63, 3.8) is 0 Å². The minimum atomic E-state index is 0.118. The van der Waals surface area contributed by atoms with Crippen LogP contribution in [0.25, 0.3) is 0 Å². The van der Waals surface area contributed by atoms with Gasteiger partial charge in [0, 0.05) is 19.3 Å². The fourth-order valence-corrected chi connectivity index (χ4v) is 3.06. The number of hydrogen-bond donors (Lipinski definition) is 0. The van der Waals surface area contributed by atoms with Crippen LogP contribution in [-0.4, -0.2) is 23.6 Å². The van der Waals surface area contributed by atoms with Crippen molar-refractivity contribution in [1.29, 1.82) is 5.26 Å². The molecule has 0 aliphatic carbocycles. The number of nitriles is 1.